The first kappa shape index (κ1) is 45.5. The van der Waals surface area contributed by atoms with Crippen molar-refractivity contribution >= 4 is 51.9 Å². The van der Waals surface area contributed by atoms with Crippen LogP contribution in [0, 0.1) is 35.5 Å². The molecule has 0 N–H and O–H groups in total. The van der Waals surface area contributed by atoms with Gasteiger partial charge in [-0.25, -0.2) is 0 Å². The first-order chi connectivity index (χ1) is 25.7. The van der Waals surface area contributed by atoms with Gasteiger partial charge in [0.25, 0.3) is 0 Å². The van der Waals surface area contributed by atoms with Gasteiger partial charge in [-0.15, -0.1) is 0 Å². The highest BCUT2D eigenvalue weighted by Gasteiger charge is 2.59. The van der Waals surface area contributed by atoms with E-state index in [0.717, 1.165) is 48.9 Å². The highest BCUT2D eigenvalue weighted by Crippen LogP contribution is 2.49. The smallest absolute Gasteiger partial charge is 0.416 e. The Morgan fingerprint density at radius 3 is 0.981 bits per heavy atom. The predicted octanol–water partition coefficient (Wildman–Crippen LogP) is 9.66. The van der Waals surface area contributed by atoms with Crippen molar-refractivity contribution in [1.82, 2.24) is 0 Å². The number of allylic oxidation sites excluding steroid dienone is 4. The van der Waals surface area contributed by atoms with Crippen LogP contribution >= 0.6 is 0 Å². The average molecular weight is 862 g/mol. The van der Waals surface area contributed by atoms with Gasteiger partial charge in [0.15, 0.2) is 0 Å². The van der Waals surface area contributed by atoms with Crippen LogP contribution in [0.5, 0.6) is 0 Å². The fourth-order valence-corrected chi connectivity index (χ4v) is 42.4. The summed E-state index contributed by atoms with van der Waals surface area (Å²) in [5.41, 5.74) is 0. The summed E-state index contributed by atoms with van der Waals surface area (Å²) in [5.74, 6) is 4.20. The Balaban J connectivity index is 1.47. The normalized spacial score (nSPS) is 37.7. The predicted molar refractivity (Wildman–Crippen MR) is 228 cm³/mol. The van der Waals surface area contributed by atoms with Crippen molar-refractivity contribution in [3.8, 4) is 0 Å². The lowest BCUT2D eigenvalue weighted by Gasteiger charge is -2.51. The Morgan fingerprint density at radius 2 is 0.741 bits per heavy atom. The van der Waals surface area contributed by atoms with E-state index in [-0.39, 0.29) is 0 Å². The Labute approximate surface area is 335 Å². The molecule has 16 heteroatoms. The van der Waals surface area contributed by atoms with Crippen molar-refractivity contribution in [1.29, 1.82) is 0 Å². The maximum absolute atomic E-state index is 7.69. The second kappa shape index (κ2) is 19.6. The fraction of sp³-hybridized carbons (Fsp3) is 0.895. The van der Waals surface area contributed by atoms with Crippen molar-refractivity contribution in [2.45, 2.75) is 143 Å². The van der Waals surface area contributed by atoms with Crippen LogP contribution in [0.2, 0.25) is 62.5 Å². The van der Waals surface area contributed by atoms with Crippen LogP contribution < -0.4 is 0 Å². The second-order valence-electron chi connectivity index (χ2n) is 17.1. The zero-order chi connectivity index (χ0) is 39.1. The molecule has 4 bridgehead atoms. The summed E-state index contributed by atoms with van der Waals surface area (Å²) < 4.78 is 69.0. The van der Waals surface area contributed by atoms with Crippen LogP contribution in [0.15, 0.2) is 24.3 Å². The van der Waals surface area contributed by atoms with Crippen molar-refractivity contribution in [3.05, 3.63) is 24.3 Å². The minimum Gasteiger partial charge on any atom is -0.416 e. The summed E-state index contributed by atoms with van der Waals surface area (Å²) in [7, 11) is -17.5. The first-order valence-corrected chi connectivity index (χ1v) is 35.7. The van der Waals surface area contributed by atoms with Gasteiger partial charge in [-0.2, -0.15) is 0 Å². The molecule has 1 heterocycles. The van der Waals surface area contributed by atoms with Gasteiger partial charge in [0.05, 0.1) is 0 Å². The molecule has 0 amide bonds. The molecule has 3 fully saturated rings. The largest absolute Gasteiger partial charge is 0.500 e. The van der Waals surface area contributed by atoms with Gasteiger partial charge >= 0.3 is 51.9 Å². The monoisotopic (exact) mass is 860 g/mol. The molecule has 1 aliphatic heterocycles. The summed E-state index contributed by atoms with van der Waals surface area (Å²) >= 11 is 0. The van der Waals surface area contributed by atoms with E-state index in [9.17, 15) is 0 Å². The van der Waals surface area contributed by atoms with Crippen molar-refractivity contribution < 1.29 is 43.0 Å². The molecule has 2 saturated carbocycles. The van der Waals surface area contributed by atoms with E-state index in [0.29, 0.717) is 75.4 Å². The van der Waals surface area contributed by atoms with E-state index in [4.69, 9.17) is 43.0 Å². The zero-order valence-electron chi connectivity index (χ0n) is 35.6. The lowest BCUT2D eigenvalue weighted by atomic mass is 9.91. The fourth-order valence-electron chi connectivity index (χ4n) is 10.4. The SMILES string of the molecule is CCO[Si](CC[Si]1(C)O[Si](C)(CCC2CC3C=CC2C3)O[Si](C)(CC[Si](OCC)(OCC)OCC)O[Si](C)(CCC2CC3C=CC2C3)O1)(OCC)OCC. The molecule has 0 aromatic rings. The van der Waals surface area contributed by atoms with Gasteiger partial charge < -0.3 is 43.0 Å². The van der Waals surface area contributed by atoms with Crippen molar-refractivity contribution in [2.24, 2.45) is 35.5 Å². The van der Waals surface area contributed by atoms with E-state index in [1.165, 1.54) is 25.7 Å². The number of hydrogen-bond donors (Lipinski definition) is 0. The molecule has 6 unspecified atom stereocenters. The molecule has 0 aromatic heterocycles. The Bertz CT molecular complexity index is 1100. The molecular formula is C38H76O10Si6. The summed E-state index contributed by atoms with van der Waals surface area (Å²) in [4.78, 5) is 0. The highest BCUT2D eigenvalue weighted by molar-refractivity contribution is 6.94. The van der Waals surface area contributed by atoms with Gasteiger partial charge in [-0.05, 0) is 166 Å². The lowest BCUT2D eigenvalue weighted by Crippen LogP contribution is -2.68. The number of rotatable bonds is 24. The van der Waals surface area contributed by atoms with Gasteiger partial charge in [0.2, 0.25) is 0 Å². The van der Waals surface area contributed by atoms with Crippen LogP contribution in [-0.4, -0.2) is 91.5 Å². The zero-order valence-corrected chi connectivity index (χ0v) is 41.6. The molecule has 5 aliphatic rings. The van der Waals surface area contributed by atoms with Gasteiger partial charge in [0, 0.05) is 51.7 Å². The molecule has 10 nitrogen and oxygen atoms in total. The standard InChI is InChI=1S/C38H76O10Si6/c1-11-39-53(40-12-2,41-13-3)27-25-51(9)45-49(7,23-21-37-31-33-17-19-35(37)29-33)47-52(10,26-28-54(42-14-4,43-15-5)44-16-6)48-50(8,46-51)24-22-38-32-34-18-20-36(38)30-34/h17-20,33-38H,11-16,21-32H2,1-10H3. The molecule has 1 saturated heterocycles. The van der Waals surface area contributed by atoms with Gasteiger partial charge in [0.1, 0.15) is 0 Å². The van der Waals surface area contributed by atoms with E-state index in [1.54, 1.807) is 0 Å². The highest BCUT2D eigenvalue weighted by atomic mass is 28.5. The van der Waals surface area contributed by atoms with Crippen LogP contribution in [0.4, 0.5) is 0 Å². The molecule has 0 aromatic carbocycles. The van der Waals surface area contributed by atoms with E-state index in [1.807, 2.05) is 41.5 Å². The third-order valence-corrected chi connectivity index (χ3v) is 38.1. The minimum absolute atomic E-state index is 0.549. The van der Waals surface area contributed by atoms with E-state index >= 15 is 0 Å². The van der Waals surface area contributed by atoms with Crippen LogP contribution in [-0.2, 0) is 43.0 Å². The molecular weight excluding hydrogens is 785 g/mol. The second-order valence-corrected chi connectivity index (χ2v) is 36.9. The topological polar surface area (TPSA) is 92.3 Å². The molecule has 0 spiro atoms. The van der Waals surface area contributed by atoms with Crippen molar-refractivity contribution in [3.63, 3.8) is 0 Å². The third kappa shape index (κ3) is 11.8. The summed E-state index contributed by atoms with van der Waals surface area (Å²) in [6.07, 6.45) is 17.2. The average Bonchev–Trinajstić information content (AvgIpc) is 3.92. The molecule has 312 valence electrons. The maximum Gasteiger partial charge on any atom is 0.500 e. The van der Waals surface area contributed by atoms with Gasteiger partial charge in [-0.3, -0.25) is 0 Å². The maximum atomic E-state index is 7.69. The summed E-state index contributed by atoms with van der Waals surface area (Å²) in [5, 5.41) is 0. The Hall–Kier alpha value is 0.381. The Kier molecular flexibility index (Phi) is 16.5. The summed E-state index contributed by atoms with van der Waals surface area (Å²) in [6, 6.07) is 4.62. The van der Waals surface area contributed by atoms with E-state index < -0.39 is 51.9 Å². The van der Waals surface area contributed by atoms with Crippen LogP contribution in [0.25, 0.3) is 0 Å². The van der Waals surface area contributed by atoms with Crippen LogP contribution in [0.1, 0.15) is 80.1 Å². The third-order valence-electron chi connectivity index (χ3n) is 12.5. The first-order valence-electron chi connectivity index (χ1n) is 21.7. The molecule has 54 heavy (non-hydrogen) atoms. The number of fused-ring (bicyclic) bond motifs is 4. The van der Waals surface area contributed by atoms with Gasteiger partial charge in [-0.1, -0.05) is 24.3 Å². The lowest BCUT2D eigenvalue weighted by molar-refractivity contribution is 0.0714. The molecule has 5 rings (SSSR count). The van der Waals surface area contributed by atoms with Crippen LogP contribution in [0.3, 0.4) is 0 Å². The van der Waals surface area contributed by atoms with E-state index in [2.05, 4.69) is 50.5 Å². The molecule has 4 aliphatic carbocycles. The minimum atomic E-state index is -2.95. The summed E-state index contributed by atoms with van der Waals surface area (Å²) in [6.45, 7) is 24.6. The molecule has 0 radical (unpaired) electrons. The molecule has 6 atom stereocenters. The Morgan fingerprint density at radius 1 is 0.444 bits per heavy atom. The number of hydrogen-bond acceptors (Lipinski definition) is 10. The quantitative estimate of drug-likeness (QED) is 0.0691. The van der Waals surface area contributed by atoms with Crippen molar-refractivity contribution in [2.75, 3.05) is 39.6 Å².